The summed E-state index contributed by atoms with van der Waals surface area (Å²) in [5.41, 5.74) is 6.29. The van der Waals surface area contributed by atoms with E-state index in [9.17, 15) is 8.42 Å². The molecule has 120 valence electrons. The van der Waals surface area contributed by atoms with Crippen LogP contribution in [-0.4, -0.2) is 39.5 Å². The molecule has 21 heavy (non-hydrogen) atoms. The molecule has 0 fully saturated rings. The first-order chi connectivity index (χ1) is 9.75. The standard InChI is InChI=1S/C15H26N2O3S/c1-11(2)12(3)17(4)21(18,19)15-7-6-14(20-5)10-13(15)8-9-16/h6-7,10-12H,8-9,16H2,1-5H3. The van der Waals surface area contributed by atoms with Gasteiger partial charge < -0.3 is 10.5 Å². The lowest BCUT2D eigenvalue weighted by Gasteiger charge is -2.28. The maximum atomic E-state index is 12.8. The third kappa shape index (κ3) is 3.96. The second-order valence-corrected chi connectivity index (χ2v) is 7.48. The number of nitrogens with two attached hydrogens (primary N) is 1. The van der Waals surface area contributed by atoms with Crippen molar-refractivity contribution >= 4 is 10.0 Å². The summed E-state index contributed by atoms with van der Waals surface area (Å²) in [5, 5.41) is 0. The van der Waals surface area contributed by atoms with E-state index in [1.807, 2.05) is 20.8 Å². The van der Waals surface area contributed by atoms with Gasteiger partial charge in [0.2, 0.25) is 10.0 Å². The average Bonchev–Trinajstić information content (AvgIpc) is 2.45. The normalized spacial score (nSPS) is 13.7. The molecule has 0 saturated heterocycles. The predicted molar refractivity (Wildman–Crippen MR) is 85.0 cm³/mol. The fourth-order valence-corrected chi connectivity index (χ4v) is 3.80. The molecule has 0 aliphatic heterocycles. The summed E-state index contributed by atoms with van der Waals surface area (Å²) in [6.07, 6.45) is 0.496. The van der Waals surface area contributed by atoms with Crippen molar-refractivity contribution < 1.29 is 13.2 Å². The first kappa shape index (κ1) is 17.9. The van der Waals surface area contributed by atoms with Crippen LogP contribution in [0.5, 0.6) is 5.75 Å². The maximum Gasteiger partial charge on any atom is 0.243 e. The lowest BCUT2D eigenvalue weighted by atomic mass is 10.1. The van der Waals surface area contributed by atoms with Crippen LogP contribution in [0.4, 0.5) is 0 Å². The fraction of sp³-hybridized carbons (Fsp3) is 0.600. The Bertz CT molecular complexity index is 570. The van der Waals surface area contributed by atoms with Crippen molar-refractivity contribution in [1.29, 1.82) is 0 Å². The van der Waals surface area contributed by atoms with Crippen LogP contribution in [0.2, 0.25) is 0 Å². The number of rotatable bonds is 7. The molecule has 2 N–H and O–H groups in total. The van der Waals surface area contributed by atoms with Crippen molar-refractivity contribution in [2.75, 3.05) is 20.7 Å². The van der Waals surface area contributed by atoms with Crippen molar-refractivity contribution in [1.82, 2.24) is 4.31 Å². The minimum absolute atomic E-state index is 0.0807. The van der Waals surface area contributed by atoms with Crippen LogP contribution in [0.15, 0.2) is 23.1 Å². The molecule has 0 aliphatic carbocycles. The molecule has 6 heteroatoms. The molecule has 1 aromatic carbocycles. The lowest BCUT2D eigenvalue weighted by molar-refractivity contribution is 0.315. The maximum absolute atomic E-state index is 12.8. The molecule has 0 spiro atoms. The highest BCUT2D eigenvalue weighted by molar-refractivity contribution is 7.89. The molecule has 1 unspecified atom stereocenters. The van der Waals surface area contributed by atoms with E-state index in [0.29, 0.717) is 29.2 Å². The van der Waals surface area contributed by atoms with Crippen LogP contribution < -0.4 is 10.5 Å². The molecule has 0 radical (unpaired) electrons. The van der Waals surface area contributed by atoms with E-state index in [4.69, 9.17) is 10.5 Å². The van der Waals surface area contributed by atoms with Gasteiger partial charge in [0.05, 0.1) is 12.0 Å². The van der Waals surface area contributed by atoms with Crippen LogP contribution in [0, 0.1) is 5.92 Å². The van der Waals surface area contributed by atoms with Crippen LogP contribution in [0.3, 0.4) is 0 Å². The van der Waals surface area contributed by atoms with Gasteiger partial charge in [-0.25, -0.2) is 8.42 Å². The Balaban J connectivity index is 3.30. The Labute approximate surface area is 128 Å². The molecule has 0 aromatic heterocycles. The summed E-state index contributed by atoms with van der Waals surface area (Å²) in [5.74, 6) is 0.873. The molecule has 5 nitrogen and oxygen atoms in total. The molecule has 0 amide bonds. The molecule has 1 rings (SSSR count). The molecular formula is C15H26N2O3S. The highest BCUT2D eigenvalue weighted by Gasteiger charge is 2.29. The van der Waals surface area contributed by atoms with Crippen LogP contribution in [0.1, 0.15) is 26.3 Å². The zero-order valence-corrected chi connectivity index (χ0v) is 14.3. The Morgan fingerprint density at radius 2 is 1.90 bits per heavy atom. The summed E-state index contributed by atoms with van der Waals surface area (Å²) in [6.45, 7) is 6.31. The van der Waals surface area contributed by atoms with Crippen molar-refractivity contribution in [2.45, 2.75) is 38.1 Å². The van der Waals surface area contributed by atoms with E-state index in [1.54, 1.807) is 32.4 Å². The topological polar surface area (TPSA) is 72.6 Å². The van der Waals surface area contributed by atoms with Crippen LogP contribution in [0.25, 0.3) is 0 Å². The smallest absolute Gasteiger partial charge is 0.243 e. The largest absolute Gasteiger partial charge is 0.497 e. The van der Waals surface area contributed by atoms with Gasteiger partial charge in [-0.2, -0.15) is 4.31 Å². The number of sulfonamides is 1. The van der Waals surface area contributed by atoms with Gasteiger partial charge in [-0.05, 0) is 49.6 Å². The summed E-state index contributed by atoms with van der Waals surface area (Å²) < 4.78 is 32.2. The summed E-state index contributed by atoms with van der Waals surface area (Å²) in [7, 11) is -0.359. The van der Waals surface area contributed by atoms with Gasteiger partial charge in [-0.3, -0.25) is 0 Å². The van der Waals surface area contributed by atoms with Gasteiger partial charge in [-0.1, -0.05) is 13.8 Å². The third-order valence-electron chi connectivity index (χ3n) is 3.88. The monoisotopic (exact) mass is 314 g/mol. The van der Waals surface area contributed by atoms with E-state index in [2.05, 4.69) is 0 Å². The number of benzene rings is 1. The fourth-order valence-electron chi connectivity index (χ4n) is 2.08. The Kier molecular flexibility index (Phi) is 6.19. The molecule has 0 heterocycles. The van der Waals surface area contributed by atoms with Crippen LogP contribution >= 0.6 is 0 Å². The van der Waals surface area contributed by atoms with E-state index in [1.165, 1.54) is 4.31 Å². The van der Waals surface area contributed by atoms with Gasteiger partial charge in [0, 0.05) is 13.1 Å². The first-order valence-electron chi connectivity index (χ1n) is 7.10. The minimum atomic E-state index is -3.54. The second kappa shape index (κ2) is 7.24. The molecule has 0 bridgehead atoms. The van der Waals surface area contributed by atoms with E-state index in [0.717, 1.165) is 0 Å². The van der Waals surface area contributed by atoms with Gasteiger partial charge in [0.25, 0.3) is 0 Å². The number of hydrogen-bond acceptors (Lipinski definition) is 4. The zero-order chi connectivity index (χ0) is 16.2. The van der Waals surface area contributed by atoms with Crippen molar-refractivity contribution in [3.8, 4) is 5.75 Å². The molecular weight excluding hydrogens is 288 g/mol. The molecule has 0 aliphatic rings. The minimum Gasteiger partial charge on any atom is -0.497 e. The van der Waals surface area contributed by atoms with Gasteiger partial charge in [0.15, 0.2) is 0 Å². The lowest BCUT2D eigenvalue weighted by Crippen LogP contribution is -2.38. The van der Waals surface area contributed by atoms with Crippen LogP contribution in [-0.2, 0) is 16.4 Å². The molecule has 1 aromatic rings. The van der Waals surface area contributed by atoms with E-state index in [-0.39, 0.29) is 12.0 Å². The van der Waals surface area contributed by atoms with E-state index >= 15 is 0 Å². The SMILES string of the molecule is COc1ccc(S(=O)(=O)N(C)C(C)C(C)C)c(CCN)c1. The predicted octanol–water partition coefficient (Wildman–Crippen LogP) is 1.86. The Morgan fingerprint density at radius 1 is 1.29 bits per heavy atom. The highest BCUT2D eigenvalue weighted by atomic mass is 32.2. The number of ether oxygens (including phenoxy) is 1. The van der Waals surface area contributed by atoms with Gasteiger partial charge >= 0.3 is 0 Å². The van der Waals surface area contributed by atoms with E-state index < -0.39 is 10.0 Å². The Morgan fingerprint density at radius 3 is 2.38 bits per heavy atom. The van der Waals surface area contributed by atoms with Gasteiger partial charge in [-0.15, -0.1) is 0 Å². The van der Waals surface area contributed by atoms with Crippen molar-refractivity contribution in [3.63, 3.8) is 0 Å². The van der Waals surface area contributed by atoms with Crippen molar-refractivity contribution in [2.24, 2.45) is 11.7 Å². The van der Waals surface area contributed by atoms with Gasteiger partial charge in [0.1, 0.15) is 5.75 Å². The summed E-state index contributed by atoms with van der Waals surface area (Å²) in [4.78, 5) is 0.309. The summed E-state index contributed by atoms with van der Waals surface area (Å²) >= 11 is 0. The first-order valence-corrected chi connectivity index (χ1v) is 8.54. The Hall–Kier alpha value is -1.11. The number of hydrogen-bond donors (Lipinski definition) is 1. The number of nitrogens with zero attached hydrogens (tertiary/aromatic N) is 1. The zero-order valence-electron chi connectivity index (χ0n) is 13.5. The molecule has 0 saturated carbocycles. The molecule has 1 atom stereocenters. The quantitative estimate of drug-likeness (QED) is 0.834. The summed E-state index contributed by atoms with van der Waals surface area (Å²) in [6, 6.07) is 4.93. The number of methoxy groups -OCH3 is 1. The van der Waals surface area contributed by atoms with Crippen molar-refractivity contribution in [3.05, 3.63) is 23.8 Å². The average molecular weight is 314 g/mol. The third-order valence-corrected chi connectivity index (χ3v) is 5.92. The second-order valence-electron chi connectivity index (χ2n) is 5.52. The highest BCUT2D eigenvalue weighted by Crippen LogP contribution is 2.26.